The SMILES string of the molecule is COc1ccc(OC)c(CCNC(=O)c2cccc(S(=O)(=O)N(C)C(C)C)c2)c1. The van der Waals surface area contributed by atoms with Crippen LogP contribution in [0.15, 0.2) is 47.4 Å². The number of hydrogen-bond donors (Lipinski definition) is 1. The summed E-state index contributed by atoms with van der Waals surface area (Å²) in [4.78, 5) is 12.6. The summed E-state index contributed by atoms with van der Waals surface area (Å²) in [5, 5.41) is 2.82. The molecule has 0 heterocycles. The number of nitrogens with one attached hydrogen (secondary N) is 1. The first-order chi connectivity index (χ1) is 13.7. The van der Waals surface area contributed by atoms with E-state index in [0.717, 1.165) is 5.56 Å². The van der Waals surface area contributed by atoms with Crippen molar-refractivity contribution in [2.75, 3.05) is 27.8 Å². The standard InChI is InChI=1S/C21H28N2O5S/c1-15(2)23(3)29(25,26)19-8-6-7-17(14-19)21(24)22-12-11-16-13-18(27-4)9-10-20(16)28-5/h6-10,13-15H,11-12H2,1-5H3,(H,22,24). The van der Waals surface area contributed by atoms with Crippen molar-refractivity contribution < 1.29 is 22.7 Å². The topological polar surface area (TPSA) is 84.9 Å². The summed E-state index contributed by atoms with van der Waals surface area (Å²) < 4.78 is 37.1. The van der Waals surface area contributed by atoms with Crippen molar-refractivity contribution in [1.82, 2.24) is 9.62 Å². The largest absolute Gasteiger partial charge is 0.497 e. The lowest BCUT2D eigenvalue weighted by molar-refractivity contribution is 0.0954. The highest BCUT2D eigenvalue weighted by atomic mass is 32.2. The predicted molar refractivity (Wildman–Crippen MR) is 112 cm³/mol. The Balaban J connectivity index is 2.09. The molecule has 2 rings (SSSR count). The van der Waals surface area contributed by atoms with Crippen LogP contribution in [0.3, 0.4) is 0 Å². The monoisotopic (exact) mass is 420 g/mol. The lowest BCUT2D eigenvalue weighted by atomic mass is 10.1. The summed E-state index contributed by atoms with van der Waals surface area (Å²) in [5.41, 5.74) is 1.20. The molecule has 0 aromatic heterocycles. The molecule has 0 radical (unpaired) electrons. The van der Waals surface area contributed by atoms with Gasteiger partial charge < -0.3 is 14.8 Å². The molecule has 0 spiro atoms. The zero-order chi connectivity index (χ0) is 21.6. The Morgan fingerprint density at radius 1 is 1.10 bits per heavy atom. The van der Waals surface area contributed by atoms with Gasteiger partial charge in [0.15, 0.2) is 0 Å². The fourth-order valence-electron chi connectivity index (χ4n) is 2.73. The molecule has 158 valence electrons. The first-order valence-electron chi connectivity index (χ1n) is 9.28. The number of benzene rings is 2. The normalized spacial score (nSPS) is 11.6. The third-order valence-electron chi connectivity index (χ3n) is 4.67. The lowest BCUT2D eigenvalue weighted by Gasteiger charge is -2.21. The van der Waals surface area contributed by atoms with Gasteiger partial charge in [-0.2, -0.15) is 4.31 Å². The number of carbonyl (C=O) groups is 1. The van der Waals surface area contributed by atoms with Gasteiger partial charge in [0.2, 0.25) is 10.0 Å². The maximum Gasteiger partial charge on any atom is 0.251 e. The van der Waals surface area contributed by atoms with Gasteiger partial charge in [-0.15, -0.1) is 0 Å². The molecule has 2 aromatic rings. The van der Waals surface area contributed by atoms with Gasteiger partial charge >= 0.3 is 0 Å². The summed E-state index contributed by atoms with van der Waals surface area (Å²) >= 11 is 0. The fourth-order valence-corrected chi connectivity index (χ4v) is 4.15. The van der Waals surface area contributed by atoms with Gasteiger partial charge in [-0.25, -0.2) is 8.42 Å². The van der Waals surface area contributed by atoms with E-state index in [1.54, 1.807) is 46.3 Å². The van der Waals surface area contributed by atoms with E-state index in [2.05, 4.69) is 5.32 Å². The molecule has 0 saturated carbocycles. The molecular weight excluding hydrogens is 392 g/mol. The molecule has 0 atom stereocenters. The molecule has 0 unspecified atom stereocenters. The molecule has 29 heavy (non-hydrogen) atoms. The number of sulfonamides is 1. The number of ether oxygens (including phenoxy) is 2. The number of methoxy groups -OCH3 is 2. The van der Waals surface area contributed by atoms with E-state index in [1.807, 2.05) is 12.1 Å². The van der Waals surface area contributed by atoms with Gasteiger partial charge in [0.25, 0.3) is 5.91 Å². The van der Waals surface area contributed by atoms with Gasteiger partial charge in [0, 0.05) is 25.2 Å². The van der Waals surface area contributed by atoms with Crippen molar-refractivity contribution >= 4 is 15.9 Å². The minimum Gasteiger partial charge on any atom is -0.497 e. The van der Waals surface area contributed by atoms with Crippen LogP contribution in [-0.4, -0.2) is 52.5 Å². The third-order valence-corrected chi connectivity index (χ3v) is 6.70. The minimum atomic E-state index is -3.65. The molecule has 1 N–H and O–H groups in total. The summed E-state index contributed by atoms with van der Waals surface area (Å²) in [6.07, 6.45) is 0.542. The molecule has 0 aliphatic carbocycles. The van der Waals surface area contributed by atoms with Gasteiger partial charge in [0.1, 0.15) is 11.5 Å². The second kappa shape index (κ2) is 9.76. The van der Waals surface area contributed by atoms with Gasteiger partial charge in [-0.1, -0.05) is 6.07 Å². The van der Waals surface area contributed by atoms with Crippen molar-refractivity contribution in [3.63, 3.8) is 0 Å². The zero-order valence-electron chi connectivity index (χ0n) is 17.4. The average Bonchev–Trinajstić information content (AvgIpc) is 2.72. The quantitative estimate of drug-likeness (QED) is 0.674. The minimum absolute atomic E-state index is 0.0933. The van der Waals surface area contributed by atoms with Gasteiger partial charge in [0.05, 0.1) is 19.1 Å². The van der Waals surface area contributed by atoms with E-state index in [0.29, 0.717) is 30.0 Å². The van der Waals surface area contributed by atoms with Crippen molar-refractivity contribution in [2.24, 2.45) is 0 Å². The second-order valence-electron chi connectivity index (χ2n) is 6.83. The van der Waals surface area contributed by atoms with E-state index in [-0.39, 0.29) is 16.8 Å². The highest BCUT2D eigenvalue weighted by Gasteiger charge is 2.23. The van der Waals surface area contributed by atoms with Crippen LogP contribution < -0.4 is 14.8 Å². The molecule has 2 aromatic carbocycles. The second-order valence-corrected chi connectivity index (χ2v) is 8.82. The van der Waals surface area contributed by atoms with Crippen molar-refractivity contribution in [1.29, 1.82) is 0 Å². The predicted octanol–water partition coefficient (Wildman–Crippen LogP) is 2.71. The van der Waals surface area contributed by atoms with E-state index in [9.17, 15) is 13.2 Å². The number of nitrogens with zero attached hydrogens (tertiary/aromatic N) is 1. The Morgan fingerprint density at radius 2 is 1.83 bits per heavy atom. The molecule has 8 heteroatoms. The highest BCUT2D eigenvalue weighted by Crippen LogP contribution is 2.24. The smallest absolute Gasteiger partial charge is 0.251 e. The van der Waals surface area contributed by atoms with Crippen LogP contribution in [0.4, 0.5) is 0 Å². The van der Waals surface area contributed by atoms with Crippen LogP contribution in [0.25, 0.3) is 0 Å². The van der Waals surface area contributed by atoms with Crippen LogP contribution in [0.5, 0.6) is 11.5 Å². The Morgan fingerprint density at radius 3 is 2.45 bits per heavy atom. The molecule has 0 saturated heterocycles. The highest BCUT2D eigenvalue weighted by molar-refractivity contribution is 7.89. The van der Waals surface area contributed by atoms with Crippen molar-refractivity contribution in [3.05, 3.63) is 53.6 Å². The molecule has 7 nitrogen and oxygen atoms in total. The molecule has 1 amide bonds. The Hall–Kier alpha value is -2.58. The molecule has 0 bridgehead atoms. The molecule has 0 aliphatic rings. The summed E-state index contributed by atoms with van der Waals surface area (Å²) in [7, 11) is 1.05. The van der Waals surface area contributed by atoms with E-state index >= 15 is 0 Å². The number of carbonyl (C=O) groups excluding carboxylic acids is 1. The molecule has 0 fully saturated rings. The Labute approximate surface area is 172 Å². The van der Waals surface area contributed by atoms with Crippen LogP contribution in [-0.2, 0) is 16.4 Å². The summed E-state index contributed by atoms with van der Waals surface area (Å²) in [6.45, 7) is 3.95. The first kappa shape index (κ1) is 22.7. The van der Waals surface area contributed by atoms with Gasteiger partial charge in [-0.3, -0.25) is 4.79 Å². The molecule has 0 aliphatic heterocycles. The lowest BCUT2D eigenvalue weighted by Crippen LogP contribution is -2.33. The number of hydrogen-bond acceptors (Lipinski definition) is 5. The van der Waals surface area contributed by atoms with E-state index < -0.39 is 10.0 Å². The maximum absolute atomic E-state index is 12.6. The van der Waals surface area contributed by atoms with Crippen molar-refractivity contribution in [2.45, 2.75) is 31.2 Å². The first-order valence-corrected chi connectivity index (χ1v) is 10.7. The van der Waals surface area contributed by atoms with Crippen molar-refractivity contribution in [3.8, 4) is 11.5 Å². The van der Waals surface area contributed by atoms with E-state index in [1.165, 1.54) is 23.5 Å². The van der Waals surface area contributed by atoms with E-state index in [4.69, 9.17) is 9.47 Å². The van der Waals surface area contributed by atoms with Crippen LogP contribution in [0, 0.1) is 0 Å². The zero-order valence-corrected chi connectivity index (χ0v) is 18.2. The fraction of sp³-hybridized carbons (Fsp3) is 0.381. The van der Waals surface area contributed by atoms with Crippen LogP contribution in [0.1, 0.15) is 29.8 Å². The Kier molecular flexibility index (Phi) is 7.64. The average molecular weight is 421 g/mol. The maximum atomic E-state index is 12.6. The summed E-state index contributed by atoms with van der Waals surface area (Å²) in [6, 6.07) is 11.4. The van der Waals surface area contributed by atoms with Crippen LogP contribution in [0.2, 0.25) is 0 Å². The van der Waals surface area contributed by atoms with Crippen LogP contribution >= 0.6 is 0 Å². The van der Waals surface area contributed by atoms with Gasteiger partial charge in [-0.05, 0) is 62.2 Å². The summed E-state index contributed by atoms with van der Waals surface area (Å²) in [5.74, 6) is 1.08. The number of amides is 1. The Bertz CT molecular complexity index is 957. The molecular formula is C21H28N2O5S. The number of rotatable bonds is 9. The third kappa shape index (κ3) is 5.48.